The molecule has 0 bridgehead atoms. The van der Waals surface area contributed by atoms with Gasteiger partial charge in [-0.1, -0.05) is 29.8 Å². The largest absolute Gasteiger partial charge is 0.497 e. The Kier molecular flexibility index (Phi) is 5.94. The number of ether oxygens (including phenoxy) is 1. The number of likely N-dealkylation sites (N-methyl/N-ethyl adjacent to an activating group) is 1. The van der Waals surface area contributed by atoms with Crippen LogP contribution in [0.3, 0.4) is 0 Å². The second-order valence-corrected chi connectivity index (χ2v) is 6.80. The molecule has 1 N–H and O–H groups in total. The van der Waals surface area contributed by atoms with Gasteiger partial charge < -0.3 is 10.1 Å². The van der Waals surface area contributed by atoms with Crippen LogP contribution in [0.2, 0.25) is 5.02 Å². The molecule has 140 valence electrons. The Balaban J connectivity index is 1.62. The molecule has 0 aromatic heterocycles. The first kappa shape index (κ1) is 19.1. The van der Waals surface area contributed by atoms with Crippen LogP contribution in [0.15, 0.2) is 54.6 Å². The van der Waals surface area contributed by atoms with Crippen molar-refractivity contribution in [3.63, 3.8) is 0 Å². The molecule has 0 atom stereocenters. The standard InChI is InChI=1S/C21H20ClFN2O2/c1-25(13-21(26)24-20-8-6-17(23)11-19(20)22)12-14-3-4-16-10-18(27-2)7-5-15(16)9-14/h3-11H,12-13H2,1-2H3,(H,24,26). The molecule has 0 spiro atoms. The van der Waals surface area contributed by atoms with Crippen LogP contribution in [0, 0.1) is 5.82 Å². The molecule has 0 aliphatic heterocycles. The minimum atomic E-state index is -0.441. The number of amides is 1. The molecule has 0 radical (unpaired) electrons. The molecule has 0 aliphatic carbocycles. The first-order valence-electron chi connectivity index (χ1n) is 8.45. The Morgan fingerprint density at radius 2 is 1.85 bits per heavy atom. The van der Waals surface area contributed by atoms with E-state index in [9.17, 15) is 9.18 Å². The van der Waals surface area contributed by atoms with E-state index in [0.29, 0.717) is 12.2 Å². The molecule has 0 aliphatic rings. The van der Waals surface area contributed by atoms with E-state index in [1.807, 2.05) is 42.3 Å². The number of methoxy groups -OCH3 is 1. The lowest BCUT2D eigenvalue weighted by atomic mass is 10.1. The molecule has 0 heterocycles. The van der Waals surface area contributed by atoms with Crippen molar-refractivity contribution in [3.05, 3.63) is 71.0 Å². The van der Waals surface area contributed by atoms with Gasteiger partial charge in [0.05, 0.1) is 24.4 Å². The van der Waals surface area contributed by atoms with Crippen molar-refractivity contribution < 1.29 is 13.9 Å². The highest BCUT2D eigenvalue weighted by Gasteiger charge is 2.10. The van der Waals surface area contributed by atoms with Crippen LogP contribution in [0.4, 0.5) is 10.1 Å². The van der Waals surface area contributed by atoms with Crippen molar-refractivity contribution in [1.29, 1.82) is 0 Å². The van der Waals surface area contributed by atoms with Gasteiger partial charge in [-0.05, 0) is 59.8 Å². The summed E-state index contributed by atoms with van der Waals surface area (Å²) in [5.74, 6) is 0.170. The van der Waals surface area contributed by atoms with Gasteiger partial charge in [-0.3, -0.25) is 9.69 Å². The lowest BCUT2D eigenvalue weighted by Gasteiger charge is -2.17. The van der Waals surface area contributed by atoms with Crippen LogP contribution >= 0.6 is 11.6 Å². The van der Waals surface area contributed by atoms with Crippen LogP contribution in [0.5, 0.6) is 5.75 Å². The van der Waals surface area contributed by atoms with E-state index in [1.54, 1.807) is 7.11 Å². The molecule has 27 heavy (non-hydrogen) atoms. The molecule has 6 heteroatoms. The Labute approximate surface area is 162 Å². The number of hydrogen-bond donors (Lipinski definition) is 1. The van der Waals surface area contributed by atoms with Gasteiger partial charge in [0.15, 0.2) is 0 Å². The summed E-state index contributed by atoms with van der Waals surface area (Å²) in [6, 6.07) is 16.0. The number of carbonyl (C=O) groups excluding carboxylic acids is 1. The fraction of sp³-hybridized carbons (Fsp3) is 0.190. The van der Waals surface area contributed by atoms with E-state index < -0.39 is 5.82 Å². The van der Waals surface area contributed by atoms with E-state index in [4.69, 9.17) is 16.3 Å². The smallest absolute Gasteiger partial charge is 0.238 e. The second-order valence-electron chi connectivity index (χ2n) is 6.39. The zero-order chi connectivity index (χ0) is 19.4. The Morgan fingerprint density at radius 1 is 1.11 bits per heavy atom. The third kappa shape index (κ3) is 4.96. The minimum Gasteiger partial charge on any atom is -0.497 e. The van der Waals surface area contributed by atoms with Gasteiger partial charge in [0.25, 0.3) is 0 Å². The number of fused-ring (bicyclic) bond motifs is 1. The van der Waals surface area contributed by atoms with Crippen molar-refractivity contribution in [1.82, 2.24) is 4.90 Å². The number of carbonyl (C=O) groups is 1. The maximum Gasteiger partial charge on any atom is 0.238 e. The van der Waals surface area contributed by atoms with Crippen LogP contribution in [0.25, 0.3) is 10.8 Å². The average Bonchev–Trinajstić information content (AvgIpc) is 2.63. The normalized spacial score (nSPS) is 11.0. The highest BCUT2D eigenvalue weighted by atomic mass is 35.5. The Hall–Kier alpha value is -2.63. The molecule has 0 fully saturated rings. The summed E-state index contributed by atoms with van der Waals surface area (Å²) < 4.78 is 18.3. The highest BCUT2D eigenvalue weighted by molar-refractivity contribution is 6.33. The lowest BCUT2D eigenvalue weighted by Crippen LogP contribution is -2.29. The third-order valence-electron chi connectivity index (χ3n) is 4.18. The summed E-state index contributed by atoms with van der Waals surface area (Å²) in [7, 11) is 3.51. The first-order chi connectivity index (χ1) is 12.9. The molecule has 4 nitrogen and oxygen atoms in total. The number of benzene rings is 3. The molecule has 3 aromatic carbocycles. The van der Waals surface area contributed by atoms with Crippen molar-refractivity contribution in [2.45, 2.75) is 6.54 Å². The summed E-state index contributed by atoms with van der Waals surface area (Å²) in [4.78, 5) is 14.1. The SMILES string of the molecule is COc1ccc2cc(CN(C)CC(=O)Nc3ccc(F)cc3Cl)ccc2c1. The molecule has 1 amide bonds. The molecule has 3 aromatic rings. The molecule has 3 rings (SSSR count). The predicted octanol–water partition coefficient (Wildman–Crippen LogP) is 4.71. The summed E-state index contributed by atoms with van der Waals surface area (Å²) in [6.45, 7) is 0.806. The average molecular weight is 387 g/mol. The van der Waals surface area contributed by atoms with Gasteiger partial charge >= 0.3 is 0 Å². The number of halogens is 2. The third-order valence-corrected chi connectivity index (χ3v) is 4.50. The quantitative estimate of drug-likeness (QED) is 0.667. The second kappa shape index (κ2) is 8.37. The van der Waals surface area contributed by atoms with Crippen molar-refractivity contribution in [2.75, 3.05) is 26.0 Å². The number of hydrogen-bond acceptors (Lipinski definition) is 3. The molecular formula is C21H20ClFN2O2. The van der Waals surface area contributed by atoms with E-state index in [2.05, 4.69) is 11.4 Å². The minimum absolute atomic E-state index is 0.177. The van der Waals surface area contributed by atoms with Crippen LogP contribution in [-0.4, -0.2) is 31.5 Å². The van der Waals surface area contributed by atoms with Crippen LogP contribution in [-0.2, 0) is 11.3 Å². The number of nitrogens with one attached hydrogen (secondary N) is 1. The highest BCUT2D eigenvalue weighted by Crippen LogP contribution is 2.23. The van der Waals surface area contributed by atoms with E-state index >= 15 is 0 Å². The van der Waals surface area contributed by atoms with Gasteiger partial charge in [-0.15, -0.1) is 0 Å². The molecular weight excluding hydrogens is 367 g/mol. The number of anilines is 1. The molecule has 0 saturated carbocycles. The van der Waals surface area contributed by atoms with E-state index in [-0.39, 0.29) is 17.5 Å². The number of nitrogens with zero attached hydrogens (tertiary/aromatic N) is 1. The fourth-order valence-electron chi connectivity index (χ4n) is 2.89. The van der Waals surface area contributed by atoms with Crippen molar-refractivity contribution >= 4 is 34.0 Å². The van der Waals surface area contributed by atoms with Crippen LogP contribution < -0.4 is 10.1 Å². The zero-order valence-electron chi connectivity index (χ0n) is 15.1. The van der Waals surface area contributed by atoms with Gasteiger partial charge in [0.2, 0.25) is 5.91 Å². The van der Waals surface area contributed by atoms with Crippen molar-refractivity contribution in [3.8, 4) is 5.75 Å². The van der Waals surface area contributed by atoms with E-state index in [0.717, 1.165) is 22.1 Å². The summed E-state index contributed by atoms with van der Waals surface area (Å²) in [6.07, 6.45) is 0. The first-order valence-corrected chi connectivity index (χ1v) is 8.82. The zero-order valence-corrected chi connectivity index (χ0v) is 15.9. The molecule has 0 unspecified atom stereocenters. The van der Waals surface area contributed by atoms with Gasteiger partial charge in [-0.2, -0.15) is 0 Å². The predicted molar refractivity (Wildman–Crippen MR) is 107 cm³/mol. The Morgan fingerprint density at radius 3 is 2.59 bits per heavy atom. The topological polar surface area (TPSA) is 41.6 Å². The van der Waals surface area contributed by atoms with E-state index in [1.165, 1.54) is 18.2 Å². The van der Waals surface area contributed by atoms with Crippen LogP contribution in [0.1, 0.15) is 5.56 Å². The maximum atomic E-state index is 13.1. The van der Waals surface area contributed by atoms with Gasteiger partial charge in [0, 0.05) is 6.54 Å². The Bertz CT molecular complexity index is 978. The summed E-state index contributed by atoms with van der Waals surface area (Å²) >= 11 is 5.94. The van der Waals surface area contributed by atoms with Gasteiger partial charge in [-0.25, -0.2) is 4.39 Å². The fourth-order valence-corrected chi connectivity index (χ4v) is 3.11. The summed E-state index contributed by atoms with van der Waals surface area (Å²) in [5.41, 5.74) is 1.50. The number of rotatable bonds is 6. The van der Waals surface area contributed by atoms with Gasteiger partial charge in [0.1, 0.15) is 11.6 Å². The molecule has 0 saturated heterocycles. The monoisotopic (exact) mass is 386 g/mol. The maximum absolute atomic E-state index is 13.1. The van der Waals surface area contributed by atoms with Crippen molar-refractivity contribution in [2.24, 2.45) is 0 Å². The summed E-state index contributed by atoms with van der Waals surface area (Å²) in [5, 5.41) is 5.10. The lowest BCUT2D eigenvalue weighted by molar-refractivity contribution is -0.117.